The van der Waals surface area contributed by atoms with Crippen LogP contribution in [0.15, 0.2) is 30.5 Å². The molecule has 0 N–H and O–H groups in total. The van der Waals surface area contributed by atoms with E-state index in [1.807, 2.05) is 47.7 Å². The van der Waals surface area contributed by atoms with E-state index < -0.39 is 0 Å². The predicted molar refractivity (Wildman–Crippen MR) is 105 cm³/mol. The quantitative estimate of drug-likeness (QED) is 0.834. The number of piperidine rings is 1. The summed E-state index contributed by atoms with van der Waals surface area (Å²) in [6.45, 7) is 5.32. The number of rotatable bonds is 4. The Morgan fingerprint density at radius 1 is 1.15 bits per heavy atom. The Morgan fingerprint density at radius 3 is 2.33 bits per heavy atom. The molecular formula is C21H28N4O2. The summed E-state index contributed by atoms with van der Waals surface area (Å²) < 4.78 is 1.86. The number of hydrogen-bond donors (Lipinski definition) is 0. The smallest absolute Gasteiger partial charge is 0.257 e. The second-order valence-corrected chi connectivity index (χ2v) is 7.40. The number of benzene rings is 1. The van der Waals surface area contributed by atoms with E-state index in [1.54, 1.807) is 25.2 Å². The molecule has 1 saturated heterocycles. The highest BCUT2D eigenvalue weighted by atomic mass is 16.2. The lowest BCUT2D eigenvalue weighted by atomic mass is 9.95. The molecule has 0 aliphatic carbocycles. The maximum Gasteiger partial charge on any atom is 0.257 e. The molecule has 6 nitrogen and oxygen atoms in total. The first-order valence-electron chi connectivity index (χ1n) is 9.56. The van der Waals surface area contributed by atoms with Gasteiger partial charge in [-0.05, 0) is 38.3 Å². The molecule has 3 rings (SSSR count). The molecule has 0 atom stereocenters. The van der Waals surface area contributed by atoms with E-state index in [2.05, 4.69) is 5.10 Å². The summed E-state index contributed by atoms with van der Waals surface area (Å²) in [7, 11) is 3.57. The molecule has 2 amide bonds. The summed E-state index contributed by atoms with van der Waals surface area (Å²) in [5.74, 6) is 0.189. The molecular weight excluding hydrogens is 340 g/mol. The zero-order valence-corrected chi connectivity index (χ0v) is 16.6. The monoisotopic (exact) mass is 368 g/mol. The lowest BCUT2D eigenvalue weighted by Gasteiger charge is -2.32. The zero-order chi connectivity index (χ0) is 19.6. The van der Waals surface area contributed by atoms with Crippen molar-refractivity contribution < 1.29 is 9.59 Å². The molecule has 2 heterocycles. The van der Waals surface area contributed by atoms with Gasteiger partial charge in [0.25, 0.3) is 5.91 Å². The third-order valence-corrected chi connectivity index (χ3v) is 5.28. The van der Waals surface area contributed by atoms with E-state index in [4.69, 9.17) is 0 Å². The minimum atomic E-state index is 0.0148. The molecule has 27 heavy (non-hydrogen) atoms. The Hall–Kier alpha value is -2.63. The molecule has 0 radical (unpaired) electrons. The van der Waals surface area contributed by atoms with Crippen molar-refractivity contribution >= 4 is 11.8 Å². The van der Waals surface area contributed by atoms with Crippen molar-refractivity contribution in [2.75, 3.05) is 27.2 Å². The number of nitrogens with zero attached hydrogens (tertiary/aromatic N) is 4. The van der Waals surface area contributed by atoms with Crippen LogP contribution in [0.4, 0.5) is 0 Å². The van der Waals surface area contributed by atoms with E-state index >= 15 is 0 Å². The van der Waals surface area contributed by atoms with Gasteiger partial charge in [0.15, 0.2) is 0 Å². The van der Waals surface area contributed by atoms with Crippen LogP contribution in [0.25, 0.3) is 5.69 Å². The minimum absolute atomic E-state index is 0.0148. The molecule has 144 valence electrons. The maximum atomic E-state index is 13.1. The Labute approximate surface area is 160 Å². The number of carbonyl (C=O) groups is 2. The number of amides is 2. The van der Waals surface area contributed by atoms with Gasteiger partial charge in [-0.1, -0.05) is 24.6 Å². The summed E-state index contributed by atoms with van der Waals surface area (Å²) in [5.41, 5.74) is 3.74. The van der Waals surface area contributed by atoms with Gasteiger partial charge in [-0.25, -0.2) is 4.68 Å². The van der Waals surface area contributed by atoms with Crippen LogP contribution in [0.1, 0.15) is 41.4 Å². The summed E-state index contributed by atoms with van der Waals surface area (Å²) in [6, 6.07) is 8.14. The summed E-state index contributed by atoms with van der Waals surface area (Å²) >= 11 is 0. The number of aryl methyl sites for hydroxylation is 1. The zero-order valence-electron chi connectivity index (χ0n) is 16.6. The highest BCUT2D eigenvalue weighted by Crippen LogP contribution is 2.23. The van der Waals surface area contributed by atoms with Gasteiger partial charge in [-0.3, -0.25) is 9.59 Å². The van der Waals surface area contributed by atoms with Crippen LogP contribution in [-0.2, 0) is 11.2 Å². The van der Waals surface area contributed by atoms with Crippen LogP contribution in [0, 0.1) is 12.8 Å². The summed E-state index contributed by atoms with van der Waals surface area (Å²) in [5, 5.41) is 4.48. The van der Waals surface area contributed by atoms with Gasteiger partial charge in [0.05, 0.1) is 23.1 Å². The largest absolute Gasteiger partial charge is 0.349 e. The van der Waals surface area contributed by atoms with Gasteiger partial charge >= 0.3 is 0 Å². The van der Waals surface area contributed by atoms with E-state index in [1.165, 1.54) is 5.56 Å². The first-order chi connectivity index (χ1) is 12.9. The fourth-order valence-corrected chi connectivity index (χ4v) is 3.67. The van der Waals surface area contributed by atoms with E-state index in [-0.39, 0.29) is 17.7 Å². The number of aromatic nitrogens is 2. The molecule has 1 aliphatic rings. The molecule has 0 unspecified atom stereocenters. The molecule has 0 saturated carbocycles. The third kappa shape index (κ3) is 3.89. The summed E-state index contributed by atoms with van der Waals surface area (Å²) in [6.07, 6.45) is 3.84. The van der Waals surface area contributed by atoms with Crippen molar-refractivity contribution in [2.45, 2.75) is 33.1 Å². The van der Waals surface area contributed by atoms with E-state index in [9.17, 15) is 9.59 Å². The van der Waals surface area contributed by atoms with Gasteiger partial charge in [0.1, 0.15) is 0 Å². The van der Waals surface area contributed by atoms with Gasteiger partial charge in [0.2, 0.25) is 5.91 Å². The first-order valence-corrected chi connectivity index (χ1v) is 9.56. The predicted octanol–water partition coefficient (Wildman–Crippen LogP) is 2.68. The lowest BCUT2D eigenvalue weighted by molar-refractivity contribution is -0.134. The average molecular weight is 368 g/mol. The van der Waals surface area contributed by atoms with Gasteiger partial charge in [-0.2, -0.15) is 5.10 Å². The normalized spacial score (nSPS) is 15.0. The number of hydrogen-bond acceptors (Lipinski definition) is 3. The van der Waals surface area contributed by atoms with Gasteiger partial charge in [0, 0.05) is 33.1 Å². The fraction of sp³-hybridized carbons (Fsp3) is 0.476. The Bertz CT molecular complexity index is 815. The average Bonchev–Trinajstić information content (AvgIpc) is 3.11. The first kappa shape index (κ1) is 19.1. The van der Waals surface area contributed by atoms with Gasteiger partial charge < -0.3 is 9.80 Å². The second-order valence-electron chi connectivity index (χ2n) is 7.40. The van der Waals surface area contributed by atoms with E-state index in [0.717, 1.165) is 30.6 Å². The fourth-order valence-electron chi connectivity index (χ4n) is 3.67. The van der Waals surface area contributed by atoms with Crippen molar-refractivity contribution in [1.82, 2.24) is 19.6 Å². The van der Waals surface area contributed by atoms with E-state index in [0.29, 0.717) is 18.7 Å². The standard InChI is InChI=1S/C21H28N4O2/c1-5-19-18(14-22-25(19)17-8-6-15(2)7-9-17)21(27)24-12-10-16(11-13-24)20(26)23(3)4/h6-9,14,16H,5,10-13H2,1-4H3. The molecule has 2 aromatic rings. The van der Waals surface area contributed by atoms with Crippen molar-refractivity contribution in [3.8, 4) is 5.69 Å². The Balaban J connectivity index is 1.76. The SMILES string of the molecule is CCc1c(C(=O)N2CCC(C(=O)N(C)C)CC2)cnn1-c1ccc(C)cc1. The van der Waals surface area contributed by atoms with Crippen LogP contribution < -0.4 is 0 Å². The third-order valence-electron chi connectivity index (χ3n) is 5.28. The summed E-state index contributed by atoms with van der Waals surface area (Å²) in [4.78, 5) is 28.7. The molecule has 0 bridgehead atoms. The highest BCUT2D eigenvalue weighted by Gasteiger charge is 2.30. The molecule has 1 aliphatic heterocycles. The maximum absolute atomic E-state index is 13.1. The molecule has 0 spiro atoms. The number of carbonyl (C=O) groups excluding carboxylic acids is 2. The van der Waals surface area contributed by atoms with Crippen molar-refractivity contribution in [2.24, 2.45) is 5.92 Å². The molecule has 1 aromatic carbocycles. The second kappa shape index (κ2) is 7.94. The van der Waals surface area contributed by atoms with Crippen molar-refractivity contribution in [3.05, 3.63) is 47.3 Å². The van der Waals surface area contributed by atoms with Crippen LogP contribution >= 0.6 is 0 Å². The minimum Gasteiger partial charge on any atom is -0.349 e. The lowest BCUT2D eigenvalue weighted by Crippen LogP contribution is -2.42. The van der Waals surface area contributed by atoms with Gasteiger partial charge in [-0.15, -0.1) is 0 Å². The van der Waals surface area contributed by atoms with Crippen molar-refractivity contribution in [1.29, 1.82) is 0 Å². The number of likely N-dealkylation sites (tertiary alicyclic amines) is 1. The Morgan fingerprint density at radius 2 is 1.78 bits per heavy atom. The van der Waals surface area contributed by atoms with Crippen LogP contribution in [0.2, 0.25) is 0 Å². The van der Waals surface area contributed by atoms with Crippen LogP contribution in [-0.4, -0.2) is 58.6 Å². The van der Waals surface area contributed by atoms with Crippen LogP contribution in [0.3, 0.4) is 0 Å². The highest BCUT2D eigenvalue weighted by molar-refractivity contribution is 5.95. The van der Waals surface area contributed by atoms with Crippen molar-refractivity contribution in [3.63, 3.8) is 0 Å². The molecule has 1 aromatic heterocycles. The molecule has 1 fully saturated rings. The van der Waals surface area contributed by atoms with Crippen LogP contribution in [0.5, 0.6) is 0 Å². The Kier molecular flexibility index (Phi) is 5.63. The topological polar surface area (TPSA) is 58.4 Å². The molecule has 6 heteroatoms.